The summed E-state index contributed by atoms with van der Waals surface area (Å²) in [6.07, 6.45) is 2.43. The number of anilines is 1. The highest BCUT2D eigenvalue weighted by atomic mass is 32.2. The van der Waals surface area contributed by atoms with Crippen molar-refractivity contribution in [3.8, 4) is 11.3 Å². The zero-order valence-corrected chi connectivity index (χ0v) is 19.1. The Hall–Kier alpha value is -2.16. The number of hydrogen-bond acceptors (Lipinski definition) is 6. The van der Waals surface area contributed by atoms with Crippen molar-refractivity contribution in [1.29, 1.82) is 0 Å². The van der Waals surface area contributed by atoms with E-state index in [1.54, 1.807) is 11.3 Å². The number of rotatable bonds is 7. The van der Waals surface area contributed by atoms with Crippen LogP contribution in [0.4, 0.5) is 5.69 Å². The standard InChI is InChI=1S/C22H26N4O2S2/c1-14-15(2)26(11-19-8-5-9-28-19)22(23-14)30-13-21(27)25-18-7-4-6-17(10-18)20-12-29-16(3)24-20/h4,6-7,10,12,19H,5,8-9,11,13H2,1-3H3,(H,25,27). The summed E-state index contributed by atoms with van der Waals surface area (Å²) in [5.74, 6) is 0.259. The lowest BCUT2D eigenvalue weighted by molar-refractivity contribution is -0.113. The monoisotopic (exact) mass is 442 g/mol. The first-order valence-corrected chi connectivity index (χ1v) is 12.0. The van der Waals surface area contributed by atoms with Crippen molar-refractivity contribution < 1.29 is 9.53 Å². The molecular weight excluding hydrogens is 416 g/mol. The second kappa shape index (κ2) is 9.32. The number of nitrogens with one attached hydrogen (secondary N) is 1. The Morgan fingerprint density at radius 2 is 2.20 bits per heavy atom. The molecule has 2 aromatic heterocycles. The third-order valence-corrected chi connectivity index (χ3v) is 6.98. The topological polar surface area (TPSA) is 69.0 Å². The second-order valence-electron chi connectivity index (χ2n) is 7.48. The summed E-state index contributed by atoms with van der Waals surface area (Å²) in [7, 11) is 0. The SMILES string of the molecule is Cc1nc(-c2cccc(NC(=O)CSc3nc(C)c(C)n3CC3CCCO3)c2)cs1. The molecule has 1 aliphatic heterocycles. The number of carbonyl (C=O) groups excluding carboxylic acids is 1. The Bertz CT molecular complexity index is 1040. The lowest BCUT2D eigenvalue weighted by atomic mass is 10.1. The Morgan fingerprint density at radius 1 is 1.33 bits per heavy atom. The van der Waals surface area contributed by atoms with Crippen LogP contribution in [-0.4, -0.2) is 38.9 Å². The molecule has 30 heavy (non-hydrogen) atoms. The van der Waals surface area contributed by atoms with E-state index < -0.39 is 0 Å². The highest BCUT2D eigenvalue weighted by Gasteiger charge is 2.20. The summed E-state index contributed by atoms with van der Waals surface area (Å²) in [4.78, 5) is 21.8. The molecule has 0 radical (unpaired) electrons. The van der Waals surface area contributed by atoms with Gasteiger partial charge in [-0.15, -0.1) is 11.3 Å². The van der Waals surface area contributed by atoms with Gasteiger partial charge in [0.1, 0.15) is 0 Å². The molecule has 8 heteroatoms. The van der Waals surface area contributed by atoms with Crippen LogP contribution in [0.25, 0.3) is 11.3 Å². The normalized spacial score (nSPS) is 16.2. The van der Waals surface area contributed by atoms with E-state index in [2.05, 4.69) is 26.8 Å². The Kier molecular flexibility index (Phi) is 6.55. The van der Waals surface area contributed by atoms with Gasteiger partial charge in [0.25, 0.3) is 0 Å². The molecule has 1 fully saturated rings. The van der Waals surface area contributed by atoms with Crippen LogP contribution in [0.1, 0.15) is 29.2 Å². The molecule has 3 aromatic rings. The number of benzene rings is 1. The van der Waals surface area contributed by atoms with Gasteiger partial charge >= 0.3 is 0 Å². The fourth-order valence-electron chi connectivity index (χ4n) is 3.52. The zero-order chi connectivity index (χ0) is 21.1. The summed E-state index contributed by atoms with van der Waals surface area (Å²) in [5.41, 5.74) is 4.86. The minimum absolute atomic E-state index is 0.0476. The third-order valence-electron chi connectivity index (χ3n) is 5.23. The molecule has 158 valence electrons. The van der Waals surface area contributed by atoms with Crippen LogP contribution in [-0.2, 0) is 16.1 Å². The van der Waals surface area contributed by atoms with Gasteiger partial charge in [-0.2, -0.15) is 0 Å². The number of thioether (sulfide) groups is 1. The van der Waals surface area contributed by atoms with Crippen molar-refractivity contribution in [3.05, 3.63) is 46.0 Å². The lowest BCUT2D eigenvalue weighted by Crippen LogP contribution is -2.18. The number of imidazole rings is 1. The van der Waals surface area contributed by atoms with Crippen LogP contribution >= 0.6 is 23.1 Å². The molecule has 1 saturated heterocycles. The number of nitrogens with zero attached hydrogens (tertiary/aromatic N) is 3. The number of aromatic nitrogens is 3. The summed E-state index contributed by atoms with van der Waals surface area (Å²) in [6.45, 7) is 7.71. The van der Waals surface area contributed by atoms with Gasteiger partial charge in [-0.1, -0.05) is 23.9 Å². The molecule has 1 amide bonds. The Labute approximate surface area is 185 Å². The van der Waals surface area contributed by atoms with E-state index in [1.165, 1.54) is 11.8 Å². The first-order chi connectivity index (χ1) is 14.5. The fraction of sp³-hybridized carbons (Fsp3) is 0.409. The highest BCUT2D eigenvalue weighted by Crippen LogP contribution is 2.26. The Balaban J connectivity index is 1.39. The van der Waals surface area contributed by atoms with Crippen LogP contribution in [0.3, 0.4) is 0 Å². The van der Waals surface area contributed by atoms with Crippen molar-refractivity contribution in [1.82, 2.24) is 14.5 Å². The lowest BCUT2D eigenvalue weighted by Gasteiger charge is -2.14. The van der Waals surface area contributed by atoms with Gasteiger partial charge in [0, 0.05) is 28.9 Å². The molecule has 1 aliphatic rings. The van der Waals surface area contributed by atoms with Gasteiger partial charge in [0.05, 0.1) is 34.8 Å². The highest BCUT2D eigenvalue weighted by molar-refractivity contribution is 7.99. The maximum absolute atomic E-state index is 12.6. The van der Waals surface area contributed by atoms with Gasteiger partial charge < -0.3 is 14.6 Å². The van der Waals surface area contributed by atoms with E-state index in [1.807, 2.05) is 43.5 Å². The molecule has 3 heterocycles. The minimum atomic E-state index is -0.0476. The first-order valence-electron chi connectivity index (χ1n) is 10.1. The van der Waals surface area contributed by atoms with E-state index >= 15 is 0 Å². The van der Waals surface area contributed by atoms with Crippen molar-refractivity contribution in [2.75, 3.05) is 17.7 Å². The van der Waals surface area contributed by atoms with E-state index in [9.17, 15) is 4.79 Å². The quantitative estimate of drug-likeness (QED) is 0.530. The van der Waals surface area contributed by atoms with E-state index in [4.69, 9.17) is 4.74 Å². The molecule has 1 aromatic carbocycles. The van der Waals surface area contributed by atoms with Gasteiger partial charge in [-0.3, -0.25) is 4.79 Å². The average molecular weight is 443 g/mol. The van der Waals surface area contributed by atoms with E-state index in [-0.39, 0.29) is 12.0 Å². The van der Waals surface area contributed by atoms with Crippen LogP contribution < -0.4 is 5.32 Å². The molecule has 6 nitrogen and oxygen atoms in total. The third kappa shape index (κ3) is 4.94. The average Bonchev–Trinajstić information content (AvgIpc) is 3.45. The molecule has 0 aliphatic carbocycles. The zero-order valence-electron chi connectivity index (χ0n) is 17.5. The van der Waals surface area contributed by atoms with E-state index in [0.29, 0.717) is 5.75 Å². The maximum atomic E-state index is 12.6. The smallest absolute Gasteiger partial charge is 0.234 e. The second-order valence-corrected chi connectivity index (χ2v) is 9.48. The Morgan fingerprint density at radius 3 is 2.93 bits per heavy atom. The van der Waals surface area contributed by atoms with Crippen LogP contribution in [0, 0.1) is 20.8 Å². The fourth-order valence-corrected chi connectivity index (χ4v) is 5.04. The van der Waals surface area contributed by atoms with E-state index in [0.717, 1.165) is 64.5 Å². The first kappa shape index (κ1) is 21.1. The van der Waals surface area contributed by atoms with Crippen molar-refractivity contribution in [2.45, 2.75) is 51.4 Å². The van der Waals surface area contributed by atoms with Gasteiger partial charge in [-0.25, -0.2) is 9.97 Å². The molecular formula is C22H26N4O2S2. The molecule has 4 rings (SSSR count). The van der Waals surface area contributed by atoms with Gasteiger partial charge in [0.15, 0.2) is 5.16 Å². The van der Waals surface area contributed by atoms with Gasteiger partial charge in [-0.05, 0) is 45.7 Å². The summed E-state index contributed by atoms with van der Waals surface area (Å²) >= 11 is 3.09. The van der Waals surface area contributed by atoms with Crippen molar-refractivity contribution in [3.63, 3.8) is 0 Å². The van der Waals surface area contributed by atoms with Crippen LogP contribution in [0.15, 0.2) is 34.8 Å². The number of amides is 1. The molecule has 1 N–H and O–H groups in total. The summed E-state index contributed by atoms with van der Waals surface area (Å²) < 4.78 is 7.98. The number of carbonyl (C=O) groups is 1. The van der Waals surface area contributed by atoms with Crippen LogP contribution in [0.2, 0.25) is 0 Å². The van der Waals surface area contributed by atoms with Crippen LogP contribution in [0.5, 0.6) is 0 Å². The maximum Gasteiger partial charge on any atom is 0.234 e. The predicted octanol–water partition coefficient (Wildman–Crippen LogP) is 4.84. The summed E-state index contributed by atoms with van der Waals surface area (Å²) in [5, 5.41) is 6.93. The number of ether oxygens (including phenoxy) is 1. The number of thiazole rings is 1. The predicted molar refractivity (Wildman–Crippen MR) is 122 cm³/mol. The van der Waals surface area contributed by atoms with Crippen molar-refractivity contribution >= 4 is 34.7 Å². The molecule has 0 bridgehead atoms. The number of hydrogen-bond donors (Lipinski definition) is 1. The summed E-state index contributed by atoms with van der Waals surface area (Å²) in [6, 6.07) is 7.81. The van der Waals surface area contributed by atoms with Gasteiger partial charge in [0.2, 0.25) is 5.91 Å². The number of aryl methyl sites for hydroxylation is 2. The molecule has 1 atom stereocenters. The molecule has 1 unspecified atom stereocenters. The van der Waals surface area contributed by atoms with Crippen molar-refractivity contribution in [2.24, 2.45) is 0 Å². The molecule has 0 spiro atoms. The molecule has 0 saturated carbocycles. The minimum Gasteiger partial charge on any atom is -0.376 e. The largest absolute Gasteiger partial charge is 0.376 e.